The van der Waals surface area contributed by atoms with Gasteiger partial charge in [0.05, 0.1) is 11.5 Å². The van der Waals surface area contributed by atoms with E-state index in [0.29, 0.717) is 17.5 Å². The highest BCUT2D eigenvalue weighted by Gasteiger charge is 2.27. The van der Waals surface area contributed by atoms with Crippen LogP contribution in [-0.2, 0) is 13.1 Å². The van der Waals surface area contributed by atoms with Crippen LogP contribution in [0.15, 0.2) is 58.1 Å². The van der Waals surface area contributed by atoms with Crippen LogP contribution < -0.4 is 21.9 Å². The summed E-state index contributed by atoms with van der Waals surface area (Å²) in [4.78, 5) is 52.9. The molecule has 10 nitrogen and oxygen atoms in total. The average molecular weight is 451 g/mol. The molecule has 0 unspecified atom stereocenters. The SMILES string of the molecule is CCCCn1c(N)c(N(Cc2ccccc2)C(=O)c2ccc(C)c([N+](=O)[O-])c2)c(=O)[nH]c1=O. The number of anilines is 2. The molecule has 1 aromatic heterocycles. The van der Waals surface area contributed by atoms with Crippen LogP contribution in [0, 0.1) is 17.0 Å². The maximum absolute atomic E-state index is 13.6. The number of aromatic nitrogens is 2. The second-order valence-corrected chi connectivity index (χ2v) is 7.63. The van der Waals surface area contributed by atoms with Crippen LogP contribution >= 0.6 is 0 Å². The lowest BCUT2D eigenvalue weighted by Crippen LogP contribution is -2.41. The van der Waals surface area contributed by atoms with Gasteiger partial charge in [-0.25, -0.2) is 4.79 Å². The number of unbranched alkanes of at least 4 members (excludes halogenated alkanes) is 1. The predicted octanol–water partition coefficient (Wildman–Crippen LogP) is 2.98. The summed E-state index contributed by atoms with van der Waals surface area (Å²) in [6.07, 6.45) is 1.44. The number of nitrogens with zero attached hydrogens (tertiary/aromatic N) is 3. The van der Waals surface area contributed by atoms with Crippen LogP contribution in [0.3, 0.4) is 0 Å². The van der Waals surface area contributed by atoms with E-state index in [4.69, 9.17) is 5.73 Å². The topological polar surface area (TPSA) is 144 Å². The van der Waals surface area contributed by atoms with Crippen molar-refractivity contribution in [3.05, 3.63) is 96.2 Å². The molecule has 3 N–H and O–H groups in total. The number of nitrogens with one attached hydrogen (secondary N) is 1. The summed E-state index contributed by atoms with van der Waals surface area (Å²) >= 11 is 0. The quantitative estimate of drug-likeness (QED) is 0.398. The maximum atomic E-state index is 13.6. The minimum absolute atomic E-state index is 0.0216. The number of nitrogens with two attached hydrogens (primary N) is 1. The van der Waals surface area contributed by atoms with Crippen molar-refractivity contribution < 1.29 is 9.72 Å². The van der Waals surface area contributed by atoms with E-state index in [0.717, 1.165) is 11.3 Å². The van der Waals surface area contributed by atoms with E-state index >= 15 is 0 Å². The first-order valence-electron chi connectivity index (χ1n) is 10.5. The van der Waals surface area contributed by atoms with E-state index in [9.17, 15) is 24.5 Å². The summed E-state index contributed by atoms with van der Waals surface area (Å²) in [5.74, 6) is -0.789. The third kappa shape index (κ3) is 5.00. The number of carbonyl (C=O) groups is 1. The molecule has 0 atom stereocenters. The minimum Gasteiger partial charge on any atom is -0.383 e. The lowest BCUT2D eigenvalue weighted by molar-refractivity contribution is -0.385. The highest BCUT2D eigenvalue weighted by atomic mass is 16.6. The number of aryl methyl sites for hydroxylation is 1. The van der Waals surface area contributed by atoms with Crippen molar-refractivity contribution in [1.82, 2.24) is 9.55 Å². The van der Waals surface area contributed by atoms with Gasteiger partial charge in [-0.3, -0.25) is 34.2 Å². The molecule has 3 rings (SSSR count). The molecule has 1 amide bonds. The molecular weight excluding hydrogens is 426 g/mol. The van der Waals surface area contributed by atoms with Gasteiger partial charge >= 0.3 is 5.69 Å². The van der Waals surface area contributed by atoms with Crippen molar-refractivity contribution in [3.63, 3.8) is 0 Å². The molecule has 0 saturated carbocycles. The summed E-state index contributed by atoms with van der Waals surface area (Å²) < 4.78 is 1.23. The summed E-state index contributed by atoms with van der Waals surface area (Å²) in [6, 6.07) is 13.0. The van der Waals surface area contributed by atoms with Gasteiger partial charge in [0.25, 0.3) is 17.2 Å². The Labute approximate surface area is 189 Å². The molecule has 172 valence electrons. The van der Waals surface area contributed by atoms with Gasteiger partial charge in [-0.05, 0) is 25.0 Å². The number of nitro benzene ring substituents is 1. The molecule has 0 bridgehead atoms. The zero-order valence-electron chi connectivity index (χ0n) is 18.4. The lowest BCUT2D eigenvalue weighted by atomic mass is 10.1. The Kier molecular flexibility index (Phi) is 7.07. The van der Waals surface area contributed by atoms with Gasteiger partial charge in [-0.15, -0.1) is 0 Å². The second kappa shape index (κ2) is 9.94. The van der Waals surface area contributed by atoms with Crippen molar-refractivity contribution in [3.8, 4) is 0 Å². The van der Waals surface area contributed by atoms with Gasteiger partial charge in [0.15, 0.2) is 5.69 Å². The standard InChI is InChI=1S/C23H25N5O5/c1-3-4-12-26-20(24)19(21(29)25-23(26)31)27(14-16-8-6-5-7-9-16)22(30)17-11-10-15(2)18(13-17)28(32)33/h5-11,13H,3-4,12,14,24H2,1-2H3,(H,25,29,31). The third-order valence-electron chi connectivity index (χ3n) is 5.30. The molecule has 0 radical (unpaired) electrons. The highest BCUT2D eigenvalue weighted by molar-refractivity contribution is 6.07. The number of hydrogen-bond donors (Lipinski definition) is 2. The van der Waals surface area contributed by atoms with E-state index in [-0.39, 0.29) is 35.8 Å². The fourth-order valence-electron chi connectivity index (χ4n) is 3.49. The number of carbonyl (C=O) groups excluding carboxylic acids is 1. The van der Waals surface area contributed by atoms with Crippen molar-refractivity contribution in [2.45, 2.75) is 39.8 Å². The molecule has 0 aliphatic rings. The second-order valence-electron chi connectivity index (χ2n) is 7.63. The van der Waals surface area contributed by atoms with Crippen LogP contribution in [0.2, 0.25) is 0 Å². The molecule has 0 saturated heterocycles. The van der Waals surface area contributed by atoms with Crippen LogP contribution in [0.25, 0.3) is 0 Å². The Balaban J connectivity index is 2.19. The van der Waals surface area contributed by atoms with Gasteiger partial charge in [-0.2, -0.15) is 0 Å². The first kappa shape index (κ1) is 23.5. The number of amides is 1. The first-order chi connectivity index (χ1) is 15.7. The molecule has 0 aliphatic carbocycles. The molecule has 0 spiro atoms. The molecule has 0 fully saturated rings. The highest BCUT2D eigenvalue weighted by Crippen LogP contribution is 2.25. The van der Waals surface area contributed by atoms with Gasteiger partial charge in [0, 0.05) is 23.7 Å². The predicted molar refractivity (Wildman–Crippen MR) is 125 cm³/mol. The largest absolute Gasteiger partial charge is 0.383 e. The number of hydrogen-bond acceptors (Lipinski definition) is 6. The Morgan fingerprint density at radius 3 is 2.52 bits per heavy atom. The summed E-state index contributed by atoms with van der Waals surface area (Å²) in [5.41, 5.74) is 5.51. The van der Waals surface area contributed by atoms with Gasteiger partial charge in [0.2, 0.25) is 0 Å². The summed E-state index contributed by atoms with van der Waals surface area (Å²) in [7, 11) is 0. The Morgan fingerprint density at radius 1 is 1.18 bits per heavy atom. The fourth-order valence-corrected chi connectivity index (χ4v) is 3.49. The molecular formula is C23H25N5O5. The van der Waals surface area contributed by atoms with Crippen molar-refractivity contribution >= 4 is 23.1 Å². The van der Waals surface area contributed by atoms with Gasteiger partial charge < -0.3 is 5.73 Å². The molecule has 33 heavy (non-hydrogen) atoms. The number of rotatable bonds is 8. The minimum atomic E-state index is -0.809. The zero-order chi connectivity index (χ0) is 24.1. The van der Waals surface area contributed by atoms with Crippen LogP contribution in [-0.4, -0.2) is 20.4 Å². The normalized spacial score (nSPS) is 10.7. The van der Waals surface area contributed by atoms with E-state index in [1.807, 2.05) is 13.0 Å². The molecule has 2 aromatic carbocycles. The number of nitrogen functional groups attached to an aromatic ring is 1. The maximum Gasteiger partial charge on any atom is 0.330 e. The Morgan fingerprint density at radius 2 is 1.88 bits per heavy atom. The summed E-state index contributed by atoms with van der Waals surface area (Å²) in [5, 5.41) is 11.4. The first-order valence-corrected chi connectivity index (χ1v) is 10.5. The molecule has 1 heterocycles. The van der Waals surface area contributed by atoms with Crippen LogP contribution in [0.4, 0.5) is 17.2 Å². The van der Waals surface area contributed by atoms with Crippen molar-refractivity contribution in [2.75, 3.05) is 10.6 Å². The monoisotopic (exact) mass is 451 g/mol. The third-order valence-corrected chi connectivity index (χ3v) is 5.30. The molecule has 3 aromatic rings. The van der Waals surface area contributed by atoms with E-state index in [1.54, 1.807) is 31.2 Å². The average Bonchev–Trinajstić information content (AvgIpc) is 2.78. The molecule has 10 heteroatoms. The number of H-pyrrole nitrogens is 1. The van der Waals surface area contributed by atoms with E-state index in [1.165, 1.54) is 22.8 Å². The lowest BCUT2D eigenvalue weighted by Gasteiger charge is -2.25. The van der Waals surface area contributed by atoms with E-state index < -0.39 is 22.1 Å². The van der Waals surface area contributed by atoms with Gasteiger partial charge in [-0.1, -0.05) is 49.7 Å². The fraction of sp³-hybridized carbons (Fsp3) is 0.261. The number of aromatic amines is 1. The smallest absolute Gasteiger partial charge is 0.330 e. The Bertz CT molecular complexity index is 1300. The van der Waals surface area contributed by atoms with Crippen LogP contribution in [0.5, 0.6) is 0 Å². The van der Waals surface area contributed by atoms with Crippen molar-refractivity contribution in [1.29, 1.82) is 0 Å². The molecule has 0 aliphatic heterocycles. The van der Waals surface area contributed by atoms with E-state index in [2.05, 4.69) is 4.98 Å². The zero-order valence-corrected chi connectivity index (χ0v) is 18.4. The number of nitro groups is 1. The van der Waals surface area contributed by atoms with Crippen LogP contribution in [0.1, 0.15) is 41.3 Å². The van der Waals surface area contributed by atoms with Crippen molar-refractivity contribution in [2.24, 2.45) is 0 Å². The summed E-state index contributed by atoms with van der Waals surface area (Å²) in [6.45, 7) is 3.76. The van der Waals surface area contributed by atoms with Gasteiger partial charge in [0.1, 0.15) is 5.82 Å². The number of benzene rings is 2. The Hall–Kier alpha value is -4.21.